The van der Waals surface area contributed by atoms with E-state index in [9.17, 15) is 0 Å². The van der Waals surface area contributed by atoms with E-state index in [4.69, 9.17) is 0 Å². The highest BCUT2D eigenvalue weighted by molar-refractivity contribution is 5.24. The van der Waals surface area contributed by atoms with Crippen molar-refractivity contribution in [2.45, 2.75) is 39.2 Å². The Morgan fingerprint density at radius 1 is 1.53 bits per heavy atom. The first kappa shape index (κ1) is 10.6. The highest BCUT2D eigenvalue weighted by Crippen LogP contribution is 2.26. The molecule has 1 fully saturated rings. The average Bonchev–Trinajstić information content (AvgIpc) is 2.16. The Morgan fingerprint density at radius 2 is 2.33 bits per heavy atom. The van der Waals surface area contributed by atoms with Gasteiger partial charge in [-0.15, -0.1) is 0 Å². The minimum atomic E-state index is 0.430. The summed E-state index contributed by atoms with van der Waals surface area (Å²) in [4.78, 5) is 4.19. The van der Waals surface area contributed by atoms with Gasteiger partial charge in [-0.25, -0.2) is 0 Å². The van der Waals surface area contributed by atoms with Crippen molar-refractivity contribution in [1.29, 1.82) is 0 Å². The van der Waals surface area contributed by atoms with Crippen molar-refractivity contribution in [1.82, 2.24) is 10.3 Å². The molecule has 0 saturated heterocycles. The van der Waals surface area contributed by atoms with Crippen LogP contribution >= 0.6 is 0 Å². The molecule has 0 amide bonds. The summed E-state index contributed by atoms with van der Waals surface area (Å²) in [6, 6.07) is 2.51. The fourth-order valence-corrected chi connectivity index (χ4v) is 2.08. The second kappa shape index (κ2) is 4.75. The average molecular weight is 204 g/mol. The van der Waals surface area contributed by atoms with Crippen LogP contribution in [0.3, 0.4) is 0 Å². The summed E-state index contributed by atoms with van der Waals surface area (Å²) in [5.74, 6) is 0.921. The van der Waals surface area contributed by atoms with Crippen molar-refractivity contribution in [3.63, 3.8) is 0 Å². The molecule has 0 spiro atoms. The Bertz CT molecular complexity index is 318. The van der Waals surface area contributed by atoms with Crippen LogP contribution in [0.4, 0.5) is 0 Å². The predicted octanol–water partition coefficient (Wildman–Crippen LogP) is 2.84. The van der Waals surface area contributed by atoms with Gasteiger partial charge in [0, 0.05) is 18.4 Å². The fourth-order valence-electron chi connectivity index (χ4n) is 2.08. The molecule has 0 radical (unpaired) electrons. The highest BCUT2D eigenvalue weighted by Gasteiger charge is 2.18. The van der Waals surface area contributed by atoms with Crippen LogP contribution < -0.4 is 5.32 Å². The molecule has 1 N–H and O–H groups in total. The third-order valence-corrected chi connectivity index (χ3v) is 3.48. The third-order valence-electron chi connectivity index (χ3n) is 3.48. The van der Waals surface area contributed by atoms with Gasteiger partial charge in [0.05, 0.1) is 0 Å². The number of rotatable bonds is 4. The van der Waals surface area contributed by atoms with Gasteiger partial charge in [0.1, 0.15) is 0 Å². The van der Waals surface area contributed by atoms with Crippen molar-refractivity contribution in [2.75, 3.05) is 6.54 Å². The minimum absolute atomic E-state index is 0.430. The molecule has 1 aliphatic rings. The molecule has 0 bridgehead atoms. The summed E-state index contributed by atoms with van der Waals surface area (Å²) in [6.07, 6.45) is 8.08. The molecule has 82 valence electrons. The lowest BCUT2D eigenvalue weighted by Gasteiger charge is -2.27. The quantitative estimate of drug-likeness (QED) is 0.815. The summed E-state index contributed by atoms with van der Waals surface area (Å²) in [5.41, 5.74) is 2.66. The number of aryl methyl sites for hydroxylation is 1. The third kappa shape index (κ3) is 2.57. The first-order chi connectivity index (χ1) is 7.27. The Kier molecular flexibility index (Phi) is 3.37. The number of hydrogen-bond acceptors (Lipinski definition) is 2. The zero-order chi connectivity index (χ0) is 10.7. The SMILES string of the molecule is Cc1ccncc1C(C)NCC1CCC1. The zero-order valence-corrected chi connectivity index (χ0v) is 9.66. The normalized spacial score (nSPS) is 18.5. The van der Waals surface area contributed by atoms with E-state index in [1.807, 2.05) is 12.4 Å². The Labute approximate surface area is 92.1 Å². The lowest BCUT2D eigenvalue weighted by molar-refractivity contribution is 0.292. The Hall–Kier alpha value is -0.890. The van der Waals surface area contributed by atoms with Crippen LogP contribution in [0.25, 0.3) is 0 Å². The van der Waals surface area contributed by atoms with Gasteiger partial charge in [0.2, 0.25) is 0 Å². The molecule has 0 aromatic carbocycles. The number of nitrogens with zero attached hydrogens (tertiary/aromatic N) is 1. The maximum Gasteiger partial charge on any atom is 0.0318 e. The maximum absolute atomic E-state index is 4.19. The number of nitrogens with one attached hydrogen (secondary N) is 1. The van der Waals surface area contributed by atoms with Crippen molar-refractivity contribution < 1.29 is 0 Å². The van der Waals surface area contributed by atoms with Crippen molar-refractivity contribution in [3.8, 4) is 0 Å². The monoisotopic (exact) mass is 204 g/mol. The molecule has 1 aromatic rings. The van der Waals surface area contributed by atoms with Gasteiger partial charge in [-0.05, 0) is 56.3 Å². The molecule has 1 atom stereocenters. The van der Waals surface area contributed by atoms with E-state index in [0.29, 0.717) is 6.04 Å². The summed E-state index contributed by atoms with van der Waals surface area (Å²) < 4.78 is 0. The van der Waals surface area contributed by atoms with Crippen LogP contribution in [0.15, 0.2) is 18.5 Å². The minimum Gasteiger partial charge on any atom is -0.310 e. The zero-order valence-electron chi connectivity index (χ0n) is 9.66. The van der Waals surface area contributed by atoms with Gasteiger partial charge in [-0.2, -0.15) is 0 Å². The van der Waals surface area contributed by atoms with E-state index in [0.717, 1.165) is 12.5 Å². The van der Waals surface area contributed by atoms with E-state index >= 15 is 0 Å². The van der Waals surface area contributed by atoms with E-state index in [-0.39, 0.29) is 0 Å². The molecule has 1 aromatic heterocycles. The lowest BCUT2D eigenvalue weighted by Crippen LogP contribution is -2.29. The number of pyridine rings is 1. The van der Waals surface area contributed by atoms with Gasteiger partial charge in [0.25, 0.3) is 0 Å². The standard InChI is InChI=1S/C13H20N2/c1-10-6-7-14-9-13(10)11(2)15-8-12-4-3-5-12/h6-7,9,11-12,15H,3-5,8H2,1-2H3. The largest absolute Gasteiger partial charge is 0.310 e. The van der Waals surface area contributed by atoms with Crippen LogP contribution in [0, 0.1) is 12.8 Å². The van der Waals surface area contributed by atoms with Crippen molar-refractivity contribution in [2.24, 2.45) is 5.92 Å². The van der Waals surface area contributed by atoms with E-state index in [2.05, 4.69) is 30.2 Å². The van der Waals surface area contributed by atoms with Gasteiger partial charge in [0.15, 0.2) is 0 Å². The summed E-state index contributed by atoms with van der Waals surface area (Å²) in [7, 11) is 0. The van der Waals surface area contributed by atoms with Gasteiger partial charge >= 0.3 is 0 Å². The topological polar surface area (TPSA) is 24.9 Å². The van der Waals surface area contributed by atoms with Crippen LogP contribution in [-0.2, 0) is 0 Å². The second-order valence-electron chi connectivity index (χ2n) is 4.66. The summed E-state index contributed by atoms with van der Waals surface area (Å²) >= 11 is 0. The molecule has 2 nitrogen and oxygen atoms in total. The van der Waals surface area contributed by atoms with Gasteiger partial charge in [-0.1, -0.05) is 6.42 Å². The van der Waals surface area contributed by atoms with E-state index in [1.165, 1.54) is 30.4 Å². The Morgan fingerprint density at radius 3 is 2.93 bits per heavy atom. The summed E-state index contributed by atoms with van der Waals surface area (Å²) in [5, 5.41) is 3.60. The highest BCUT2D eigenvalue weighted by atomic mass is 14.9. The summed E-state index contributed by atoms with van der Waals surface area (Å²) in [6.45, 7) is 5.54. The van der Waals surface area contributed by atoms with Crippen molar-refractivity contribution in [3.05, 3.63) is 29.6 Å². The molecule has 2 rings (SSSR count). The van der Waals surface area contributed by atoms with Crippen LogP contribution in [-0.4, -0.2) is 11.5 Å². The number of aromatic nitrogens is 1. The molecule has 2 heteroatoms. The molecule has 1 aliphatic carbocycles. The van der Waals surface area contributed by atoms with Gasteiger partial charge < -0.3 is 5.32 Å². The first-order valence-corrected chi connectivity index (χ1v) is 5.91. The number of hydrogen-bond donors (Lipinski definition) is 1. The molecule has 1 heterocycles. The second-order valence-corrected chi connectivity index (χ2v) is 4.66. The predicted molar refractivity (Wildman–Crippen MR) is 62.7 cm³/mol. The molecular formula is C13H20N2. The smallest absolute Gasteiger partial charge is 0.0318 e. The lowest BCUT2D eigenvalue weighted by atomic mass is 9.85. The van der Waals surface area contributed by atoms with E-state index < -0.39 is 0 Å². The van der Waals surface area contributed by atoms with Crippen LogP contribution in [0.5, 0.6) is 0 Å². The first-order valence-electron chi connectivity index (χ1n) is 5.91. The molecule has 0 aliphatic heterocycles. The maximum atomic E-state index is 4.19. The molecular weight excluding hydrogens is 184 g/mol. The van der Waals surface area contributed by atoms with E-state index in [1.54, 1.807) is 0 Å². The van der Waals surface area contributed by atoms with Crippen molar-refractivity contribution >= 4 is 0 Å². The van der Waals surface area contributed by atoms with Crippen LogP contribution in [0.1, 0.15) is 43.4 Å². The molecule has 15 heavy (non-hydrogen) atoms. The Balaban J connectivity index is 1.89. The molecule has 1 saturated carbocycles. The van der Waals surface area contributed by atoms with Gasteiger partial charge in [-0.3, -0.25) is 4.98 Å². The fraction of sp³-hybridized carbons (Fsp3) is 0.615. The van der Waals surface area contributed by atoms with Crippen LogP contribution in [0.2, 0.25) is 0 Å². The molecule has 1 unspecified atom stereocenters.